The van der Waals surface area contributed by atoms with Crippen LogP contribution in [0, 0.1) is 5.92 Å². The van der Waals surface area contributed by atoms with Gasteiger partial charge >= 0.3 is 0 Å². The number of nitrogens with zero attached hydrogens (tertiary/aromatic N) is 1. The minimum absolute atomic E-state index is 0.0648. The highest BCUT2D eigenvalue weighted by atomic mass is 35.5. The van der Waals surface area contributed by atoms with Crippen molar-refractivity contribution in [3.8, 4) is 0 Å². The van der Waals surface area contributed by atoms with Crippen molar-refractivity contribution in [3.63, 3.8) is 0 Å². The lowest BCUT2D eigenvalue weighted by Crippen LogP contribution is -2.39. The molecule has 0 spiro atoms. The number of hydrogen-bond acceptors (Lipinski definition) is 2. The molecular formula is C17H23Cl2NO. The van der Waals surface area contributed by atoms with Crippen LogP contribution >= 0.6 is 23.2 Å². The van der Waals surface area contributed by atoms with Crippen molar-refractivity contribution in [1.82, 2.24) is 4.90 Å². The Labute approximate surface area is 137 Å². The first-order chi connectivity index (χ1) is 9.99. The Morgan fingerprint density at radius 1 is 1.29 bits per heavy atom. The zero-order valence-electron chi connectivity index (χ0n) is 12.7. The molecule has 0 heterocycles. The Morgan fingerprint density at radius 2 is 1.95 bits per heavy atom. The van der Waals surface area contributed by atoms with Crippen LogP contribution in [-0.4, -0.2) is 30.3 Å². The van der Waals surface area contributed by atoms with Crippen molar-refractivity contribution in [2.75, 3.05) is 13.6 Å². The molecule has 1 unspecified atom stereocenters. The molecule has 0 amide bonds. The first-order valence-electron chi connectivity index (χ1n) is 7.68. The fraction of sp³-hybridized carbons (Fsp3) is 0.588. The Bertz CT molecular complexity index is 498. The van der Waals surface area contributed by atoms with Crippen LogP contribution in [-0.2, 0) is 0 Å². The van der Waals surface area contributed by atoms with Gasteiger partial charge in [0.05, 0.1) is 11.1 Å². The molecule has 0 bridgehead atoms. The number of benzene rings is 1. The second-order valence-electron chi connectivity index (χ2n) is 6.11. The molecule has 0 aromatic heterocycles. The topological polar surface area (TPSA) is 20.3 Å². The highest BCUT2D eigenvalue weighted by Crippen LogP contribution is 2.26. The molecule has 2 nitrogen and oxygen atoms in total. The highest BCUT2D eigenvalue weighted by molar-refractivity contribution is 6.37. The van der Waals surface area contributed by atoms with Gasteiger partial charge in [0.1, 0.15) is 0 Å². The van der Waals surface area contributed by atoms with Crippen molar-refractivity contribution in [2.24, 2.45) is 5.92 Å². The summed E-state index contributed by atoms with van der Waals surface area (Å²) < 4.78 is 0. The van der Waals surface area contributed by atoms with Crippen molar-refractivity contribution in [3.05, 3.63) is 33.8 Å². The predicted octanol–water partition coefficient (Wildman–Crippen LogP) is 5.08. The van der Waals surface area contributed by atoms with Crippen molar-refractivity contribution in [1.29, 1.82) is 0 Å². The third kappa shape index (κ3) is 4.45. The molecule has 1 aliphatic rings. The molecule has 1 atom stereocenters. The molecule has 0 radical (unpaired) electrons. The smallest absolute Gasteiger partial charge is 0.181 e. The van der Waals surface area contributed by atoms with Crippen LogP contribution in [0.5, 0.6) is 0 Å². The van der Waals surface area contributed by atoms with Gasteiger partial charge in [-0.25, -0.2) is 0 Å². The Morgan fingerprint density at radius 3 is 2.57 bits per heavy atom. The molecule has 0 aliphatic heterocycles. The SMILES string of the molecule is CC(C(=O)c1ccc(Cl)cc1Cl)N(C)CC1CCCCC1. The molecule has 1 fully saturated rings. The second kappa shape index (κ2) is 7.62. The number of likely N-dealkylation sites (N-methyl/N-ethyl adjacent to an activating group) is 1. The van der Waals surface area contributed by atoms with Gasteiger partial charge in [-0.3, -0.25) is 9.69 Å². The quantitative estimate of drug-likeness (QED) is 0.703. The Balaban J connectivity index is 2.00. The monoisotopic (exact) mass is 327 g/mol. The molecule has 2 rings (SSSR count). The van der Waals surface area contributed by atoms with E-state index in [4.69, 9.17) is 23.2 Å². The predicted molar refractivity (Wildman–Crippen MR) is 89.5 cm³/mol. The summed E-state index contributed by atoms with van der Waals surface area (Å²) in [7, 11) is 2.03. The maximum atomic E-state index is 12.6. The van der Waals surface area contributed by atoms with Gasteiger partial charge in [-0.05, 0) is 50.9 Å². The first kappa shape index (κ1) is 16.8. The third-order valence-electron chi connectivity index (χ3n) is 4.51. The number of hydrogen-bond donors (Lipinski definition) is 0. The van der Waals surface area contributed by atoms with Crippen LogP contribution < -0.4 is 0 Å². The average molecular weight is 328 g/mol. The Kier molecular flexibility index (Phi) is 6.09. The van der Waals surface area contributed by atoms with E-state index >= 15 is 0 Å². The lowest BCUT2D eigenvalue weighted by Gasteiger charge is -2.30. The summed E-state index contributed by atoms with van der Waals surface area (Å²) in [5, 5.41) is 0.991. The van der Waals surface area contributed by atoms with Crippen LogP contribution in [0.2, 0.25) is 10.0 Å². The number of rotatable bonds is 5. The highest BCUT2D eigenvalue weighted by Gasteiger charge is 2.24. The summed E-state index contributed by atoms with van der Waals surface area (Å²) in [6, 6.07) is 4.90. The first-order valence-corrected chi connectivity index (χ1v) is 8.44. The fourth-order valence-corrected chi connectivity index (χ4v) is 3.55. The molecule has 21 heavy (non-hydrogen) atoms. The molecule has 0 saturated heterocycles. The van der Waals surface area contributed by atoms with E-state index in [9.17, 15) is 4.79 Å². The van der Waals surface area contributed by atoms with Crippen molar-refractivity contribution < 1.29 is 4.79 Å². The van der Waals surface area contributed by atoms with Crippen LogP contribution in [0.1, 0.15) is 49.4 Å². The van der Waals surface area contributed by atoms with Crippen molar-refractivity contribution in [2.45, 2.75) is 45.1 Å². The van der Waals surface area contributed by atoms with E-state index in [-0.39, 0.29) is 11.8 Å². The van der Waals surface area contributed by atoms with E-state index in [1.807, 2.05) is 14.0 Å². The molecule has 1 aliphatic carbocycles. The molecular weight excluding hydrogens is 305 g/mol. The number of carbonyl (C=O) groups excluding carboxylic acids is 1. The molecule has 1 aromatic carbocycles. The van der Waals surface area contributed by atoms with E-state index < -0.39 is 0 Å². The van der Waals surface area contributed by atoms with Crippen LogP contribution in [0.25, 0.3) is 0 Å². The van der Waals surface area contributed by atoms with Gasteiger partial charge in [0.2, 0.25) is 0 Å². The summed E-state index contributed by atoms with van der Waals surface area (Å²) in [5.74, 6) is 0.787. The minimum Gasteiger partial charge on any atom is -0.296 e. The van der Waals surface area contributed by atoms with Gasteiger partial charge in [-0.15, -0.1) is 0 Å². The fourth-order valence-electron chi connectivity index (χ4n) is 3.05. The maximum absolute atomic E-state index is 12.6. The average Bonchev–Trinajstić information content (AvgIpc) is 2.47. The number of Topliss-reactive ketones (excluding diaryl/α,β-unsaturated/α-hetero) is 1. The standard InChI is InChI=1S/C17H23Cl2NO/c1-12(20(2)11-13-6-4-3-5-7-13)17(21)15-9-8-14(18)10-16(15)19/h8-10,12-13H,3-7,11H2,1-2H3. The Hall–Kier alpha value is -0.570. The summed E-state index contributed by atoms with van der Waals surface area (Å²) in [6.07, 6.45) is 6.57. The number of ketones is 1. The van der Waals surface area contributed by atoms with Gasteiger partial charge < -0.3 is 0 Å². The van der Waals surface area contributed by atoms with E-state index in [0.717, 1.165) is 12.5 Å². The van der Waals surface area contributed by atoms with E-state index in [1.54, 1.807) is 18.2 Å². The zero-order valence-corrected chi connectivity index (χ0v) is 14.3. The summed E-state index contributed by atoms with van der Waals surface area (Å²) in [6.45, 7) is 2.94. The summed E-state index contributed by atoms with van der Waals surface area (Å²) >= 11 is 12.0. The summed E-state index contributed by atoms with van der Waals surface area (Å²) in [5.41, 5.74) is 0.559. The maximum Gasteiger partial charge on any atom is 0.181 e. The van der Waals surface area contributed by atoms with Crippen molar-refractivity contribution >= 4 is 29.0 Å². The third-order valence-corrected chi connectivity index (χ3v) is 5.06. The van der Waals surface area contributed by atoms with Gasteiger partial charge in [-0.1, -0.05) is 42.5 Å². The molecule has 0 N–H and O–H groups in total. The van der Waals surface area contributed by atoms with Crippen LogP contribution in [0.3, 0.4) is 0 Å². The summed E-state index contributed by atoms with van der Waals surface area (Å²) in [4.78, 5) is 14.7. The van der Waals surface area contributed by atoms with Crippen LogP contribution in [0.4, 0.5) is 0 Å². The van der Waals surface area contributed by atoms with Gasteiger partial charge in [0, 0.05) is 17.1 Å². The van der Waals surface area contributed by atoms with E-state index in [1.165, 1.54) is 32.1 Å². The lowest BCUT2D eigenvalue weighted by molar-refractivity contribution is 0.0842. The molecule has 1 saturated carbocycles. The normalized spacial score (nSPS) is 18.0. The van der Waals surface area contributed by atoms with E-state index in [2.05, 4.69) is 4.90 Å². The van der Waals surface area contributed by atoms with Gasteiger partial charge in [0.25, 0.3) is 0 Å². The van der Waals surface area contributed by atoms with Crippen LogP contribution in [0.15, 0.2) is 18.2 Å². The zero-order chi connectivity index (χ0) is 15.4. The van der Waals surface area contributed by atoms with E-state index in [0.29, 0.717) is 15.6 Å². The van der Waals surface area contributed by atoms with Gasteiger partial charge in [0.15, 0.2) is 5.78 Å². The lowest BCUT2D eigenvalue weighted by atomic mass is 9.88. The van der Waals surface area contributed by atoms with Gasteiger partial charge in [-0.2, -0.15) is 0 Å². The number of carbonyl (C=O) groups is 1. The minimum atomic E-state index is -0.161. The molecule has 1 aromatic rings. The number of halogens is 2. The molecule has 116 valence electrons. The second-order valence-corrected chi connectivity index (χ2v) is 6.95. The molecule has 4 heteroatoms. The largest absolute Gasteiger partial charge is 0.296 e.